The summed E-state index contributed by atoms with van der Waals surface area (Å²) in [6.07, 6.45) is 0. The normalized spacial score (nSPS) is 11.5. The van der Waals surface area contributed by atoms with Gasteiger partial charge in [-0.15, -0.1) is 0 Å². The quantitative estimate of drug-likeness (QED) is 0.177. The van der Waals surface area contributed by atoms with Gasteiger partial charge in [0.25, 0.3) is 0 Å². The lowest BCUT2D eigenvalue weighted by Gasteiger charge is -2.15. The highest BCUT2D eigenvalue weighted by atomic mass is 16.3. The Balaban J connectivity index is 1.22. The van der Waals surface area contributed by atoms with Gasteiger partial charge in [-0.3, -0.25) is 0 Å². The average Bonchev–Trinajstić information content (AvgIpc) is 3.59. The molecule has 2 aromatic heterocycles. The Morgan fingerprint density at radius 1 is 0.392 bits per heavy atom. The third kappa shape index (κ3) is 4.58. The smallest absolute Gasteiger partial charge is 0.164 e. The minimum Gasteiger partial charge on any atom is -0.456 e. The van der Waals surface area contributed by atoms with Gasteiger partial charge in [0, 0.05) is 32.8 Å². The molecule has 0 spiro atoms. The van der Waals surface area contributed by atoms with Crippen molar-refractivity contribution >= 4 is 54.3 Å². The lowest BCUT2D eigenvalue weighted by Crippen LogP contribution is -2.01. The minimum atomic E-state index is 0.578. The zero-order valence-corrected chi connectivity index (χ0v) is 27.2. The summed E-state index contributed by atoms with van der Waals surface area (Å²) >= 11 is 0. The van der Waals surface area contributed by atoms with Gasteiger partial charge >= 0.3 is 0 Å². The van der Waals surface area contributed by atoms with E-state index < -0.39 is 0 Å². The second-order valence-corrected chi connectivity index (χ2v) is 12.6. The number of hydrogen-bond donors (Lipinski definition) is 0. The molecular formula is C46H26N4O. The highest BCUT2D eigenvalue weighted by Gasteiger charge is 2.19. The van der Waals surface area contributed by atoms with Gasteiger partial charge in [-0.2, -0.15) is 5.26 Å². The third-order valence-corrected chi connectivity index (χ3v) is 9.79. The molecule has 5 heteroatoms. The summed E-state index contributed by atoms with van der Waals surface area (Å²) in [5.41, 5.74) is 7.11. The first-order valence-corrected chi connectivity index (χ1v) is 16.8. The Labute approximate surface area is 292 Å². The van der Waals surface area contributed by atoms with Crippen molar-refractivity contribution in [2.45, 2.75) is 0 Å². The molecule has 0 aliphatic heterocycles. The number of aromatic nitrogens is 3. The Morgan fingerprint density at radius 2 is 0.902 bits per heavy atom. The average molecular weight is 651 g/mol. The van der Waals surface area contributed by atoms with E-state index >= 15 is 0 Å². The van der Waals surface area contributed by atoms with Crippen LogP contribution in [0, 0.1) is 11.3 Å². The van der Waals surface area contributed by atoms with Crippen LogP contribution < -0.4 is 0 Å². The minimum absolute atomic E-state index is 0.578. The van der Waals surface area contributed by atoms with E-state index in [1.807, 2.05) is 84.9 Å². The van der Waals surface area contributed by atoms with Gasteiger partial charge in [0.15, 0.2) is 17.5 Å². The summed E-state index contributed by atoms with van der Waals surface area (Å²) in [6.45, 7) is 0. The Bertz CT molecular complexity index is 3050. The number of nitriles is 1. The molecular weight excluding hydrogens is 625 g/mol. The summed E-state index contributed by atoms with van der Waals surface area (Å²) < 4.78 is 6.24. The molecule has 0 atom stereocenters. The van der Waals surface area contributed by atoms with Gasteiger partial charge in [-0.1, -0.05) is 140 Å². The highest BCUT2D eigenvalue weighted by molar-refractivity contribution is 6.17. The maximum absolute atomic E-state index is 10.1. The number of fused-ring (bicyclic) bond motifs is 7. The van der Waals surface area contributed by atoms with Crippen molar-refractivity contribution in [2.24, 2.45) is 0 Å². The molecule has 51 heavy (non-hydrogen) atoms. The van der Waals surface area contributed by atoms with E-state index in [4.69, 9.17) is 19.4 Å². The topological polar surface area (TPSA) is 75.6 Å². The second kappa shape index (κ2) is 11.5. The maximum Gasteiger partial charge on any atom is 0.164 e. The van der Waals surface area contributed by atoms with Gasteiger partial charge in [0.05, 0.1) is 11.6 Å². The first-order chi connectivity index (χ1) is 25.2. The zero-order valence-electron chi connectivity index (χ0n) is 27.2. The molecule has 0 unspecified atom stereocenters. The molecule has 0 aliphatic rings. The predicted octanol–water partition coefficient (Wildman–Crippen LogP) is 11.8. The van der Waals surface area contributed by atoms with Crippen LogP contribution in [0.3, 0.4) is 0 Å². The van der Waals surface area contributed by atoms with Crippen LogP contribution in [0.5, 0.6) is 0 Å². The van der Waals surface area contributed by atoms with Crippen molar-refractivity contribution in [3.8, 4) is 51.4 Å². The van der Waals surface area contributed by atoms with Crippen LogP contribution in [0.4, 0.5) is 0 Å². The van der Waals surface area contributed by atoms with E-state index in [-0.39, 0.29) is 0 Å². The molecule has 8 aromatic carbocycles. The van der Waals surface area contributed by atoms with Crippen LogP contribution in [0.2, 0.25) is 0 Å². The number of para-hydroxylation sites is 1. The molecule has 0 bridgehead atoms. The third-order valence-electron chi connectivity index (χ3n) is 9.79. The molecule has 0 N–H and O–H groups in total. The SMILES string of the molecule is N#Cc1cc2c(-c3cccc4c(-c5nc(-c6ccccc6)nc(-c6cccc7oc8ccccc8c67)n5)cccc34)cccc2c2ccccc12. The summed E-state index contributed by atoms with van der Waals surface area (Å²) in [5.74, 6) is 1.76. The van der Waals surface area contributed by atoms with E-state index in [9.17, 15) is 5.26 Å². The molecule has 0 fully saturated rings. The first kappa shape index (κ1) is 28.8. The fourth-order valence-corrected chi connectivity index (χ4v) is 7.49. The van der Waals surface area contributed by atoms with Crippen molar-refractivity contribution in [3.05, 3.63) is 163 Å². The molecule has 10 aromatic rings. The highest BCUT2D eigenvalue weighted by Crippen LogP contribution is 2.41. The standard InChI is InChI=1S/C46H26N4O/c47-27-29-26-40-35(31-15-5-4-14-30(29)31)20-9-21-36(40)33-17-8-19-34-32(33)18-10-22-37(34)45-48-44(28-12-2-1-3-13-28)49-46(50-45)39-23-11-25-42-43(39)38-16-6-7-24-41(38)51-42/h1-26H. The van der Waals surface area contributed by atoms with Gasteiger partial charge in [-0.25, -0.2) is 15.0 Å². The van der Waals surface area contributed by atoms with E-state index in [1.54, 1.807) is 0 Å². The van der Waals surface area contributed by atoms with Crippen LogP contribution >= 0.6 is 0 Å². The summed E-state index contributed by atoms with van der Waals surface area (Å²) in [4.78, 5) is 15.4. The Morgan fingerprint density at radius 3 is 1.69 bits per heavy atom. The monoisotopic (exact) mass is 650 g/mol. The van der Waals surface area contributed by atoms with Crippen molar-refractivity contribution in [1.82, 2.24) is 15.0 Å². The fraction of sp³-hybridized carbons (Fsp3) is 0. The second-order valence-electron chi connectivity index (χ2n) is 12.6. The van der Waals surface area contributed by atoms with Crippen LogP contribution in [0.25, 0.3) is 99.5 Å². The Kier molecular flexibility index (Phi) is 6.48. The molecule has 0 radical (unpaired) electrons. The largest absolute Gasteiger partial charge is 0.456 e. The molecule has 2 heterocycles. The van der Waals surface area contributed by atoms with Gasteiger partial charge in [-0.05, 0) is 56.3 Å². The molecule has 236 valence electrons. The van der Waals surface area contributed by atoms with E-state index in [2.05, 4.69) is 78.9 Å². The number of hydrogen-bond acceptors (Lipinski definition) is 5. The van der Waals surface area contributed by atoms with Gasteiger partial charge < -0.3 is 4.42 Å². The van der Waals surface area contributed by atoms with Gasteiger partial charge in [0.2, 0.25) is 0 Å². The maximum atomic E-state index is 10.1. The fourth-order valence-electron chi connectivity index (χ4n) is 7.49. The molecule has 0 amide bonds. The molecule has 0 aliphatic carbocycles. The van der Waals surface area contributed by atoms with Crippen LogP contribution in [-0.2, 0) is 0 Å². The summed E-state index contributed by atoms with van der Waals surface area (Å²) in [5, 5.41) is 18.4. The lowest BCUT2D eigenvalue weighted by molar-refractivity contribution is 0.669. The number of benzene rings is 8. The molecule has 10 rings (SSSR count). The first-order valence-electron chi connectivity index (χ1n) is 16.8. The van der Waals surface area contributed by atoms with Crippen molar-refractivity contribution in [1.29, 1.82) is 5.26 Å². The van der Waals surface area contributed by atoms with Gasteiger partial charge in [0.1, 0.15) is 11.2 Å². The van der Waals surface area contributed by atoms with Crippen molar-refractivity contribution in [3.63, 3.8) is 0 Å². The molecule has 0 saturated heterocycles. The van der Waals surface area contributed by atoms with E-state index in [0.717, 1.165) is 82.1 Å². The Hall–Kier alpha value is -7.16. The van der Waals surface area contributed by atoms with Crippen molar-refractivity contribution in [2.75, 3.05) is 0 Å². The van der Waals surface area contributed by atoms with Crippen LogP contribution in [0.15, 0.2) is 162 Å². The van der Waals surface area contributed by atoms with E-state index in [1.165, 1.54) is 0 Å². The number of furan rings is 1. The molecule has 5 nitrogen and oxygen atoms in total. The summed E-state index contributed by atoms with van der Waals surface area (Å²) in [6, 6.07) is 55.8. The zero-order chi connectivity index (χ0) is 33.9. The van der Waals surface area contributed by atoms with E-state index in [0.29, 0.717) is 23.0 Å². The molecule has 0 saturated carbocycles. The lowest BCUT2D eigenvalue weighted by atomic mass is 9.89. The van der Waals surface area contributed by atoms with Crippen LogP contribution in [0.1, 0.15) is 5.56 Å². The van der Waals surface area contributed by atoms with Crippen molar-refractivity contribution < 1.29 is 4.42 Å². The summed E-state index contributed by atoms with van der Waals surface area (Å²) in [7, 11) is 0. The number of rotatable bonds is 4. The predicted molar refractivity (Wildman–Crippen MR) is 206 cm³/mol. The number of nitrogens with zero attached hydrogens (tertiary/aromatic N) is 4. The van der Waals surface area contributed by atoms with Crippen LogP contribution in [-0.4, -0.2) is 15.0 Å².